The number of anilines is 1. The molecule has 10 heteroatoms. The number of aryl methyl sites for hydroxylation is 1. The lowest BCUT2D eigenvalue weighted by Gasteiger charge is -2.32. The van der Waals surface area contributed by atoms with Gasteiger partial charge in [0.25, 0.3) is 0 Å². The van der Waals surface area contributed by atoms with Crippen molar-refractivity contribution in [1.82, 2.24) is 14.9 Å². The standard InChI is InChI=1S/C20H19ClFN5O2S/c1-3-29-14-7-4-12(5-8-14)17-18(30-20-25-24-11(2)27(20)26-17)19(28)23-13-6-9-16(22)15(21)10-13/h4-10,17-18,26H,3H2,1-2H3,(H,23,28)/t17-,18-/m0/s1. The number of fused-ring (bicyclic) bond motifs is 1. The minimum Gasteiger partial charge on any atom is -0.494 e. The highest BCUT2D eigenvalue weighted by molar-refractivity contribution is 8.00. The van der Waals surface area contributed by atoms with Crippen LogP contribution in [0.25, 0.3) is 0 Å². The van der Waals surface area contributed by atoms with Gasteiger partial charge in [-0.3, -0.25) is 4.79 Å². The summed E-state index contributed by atoms with van der Waals surface area (Å²) in [5, 5.41) is 11.0. The molecule has 1 aliphatic heterocycles. The lowest BCUT2D eigenvalue weighted by atomic mass is 10.0. The Bertz CT molecular complexity index is 1080. The van der Waals surface area contributed by atoms with Crippen molar-refractivity contribution in [2.75, 3.05) is 17.3 Å². The van der Waals surface area contributed by atoms with Gasteiger partial charge in [0.1, 0.15) is 22.6 Å². The molecule has 2 aromatic carbocycles. The maximum atomic E-state index is 13.4. The summed E-state index contributed by atoms with van der Waals surface area (Å²) < 4.78 is 20.7. The second-order valence-corrected chi connectivity index (χ2v) is 8.15. The smallest absolute Gasteiger partial charge is 0.240 e. The number of rotatable bonds is 5. The summed E-state index contributed by atoms with van der Waals surface area (Å²) in [4.78, 5) is 13.1. The van der Waals surface area contributed by atoms with E-state index in [4.69, 9.17) is 16.3 Å². The number of benzene rings is 2. The predicted octanol–water partition coefficient (Wildman–Crippen LogP) is 4.18. The van der Waals surface area contributed by atoms with E-state index in [1.165, 1.54) is 30.0 Å². The van der Waals surface area contributed by atoms with E-state index >= 15 is 0 Å². The Morgan fingerprint density at radius 1 is 1.30 bits per heavy atom. The molecule has 4 rings (SSSR count). The fourth-order valence-electron chi connectivity index (χ4n) is 3.14. The van der Waals surface area contributed by atoms with Crippen molar-refractivity contribution < 1.29 is 13.9 Å². The molecule has 1 aromatic heterocycles. The summed E-state index contributed by atoms with van der Waals surface area (Å²) in [6.45, 7) is 4.33. The zero-order valence-electron chi connectivity index (χ0n) is 16.2. The van der Waals surface area contributed by atoms with E-state index in [-0.39, 0.29) is 17.0 Å². The molecule has 0 unspecified atom stereocenters. The average Bonchev–Trinajstić information content (AvgIpc) is 3.11. The number of halogens is 2. The van der Waals surface area contributed by atoms with Gasteiger partial charge in [0.15, 0.2) is 0 Å². The molecule has 7 nitrogen and oxygen atoms in total. The van der Waals surface area contributed by atoms with Crippen LogP contribution >= 0.6 is 23.4 Å². The normalized spacial score (nSPS) is 17.7. The summed E-state index contributed by atoms with van der Waals surface area (Å²) in [5.74, 6) is 0.644. The fraction of sp³-hybridized carbons (Fsp3) is 0.250. The number of thioether (sulfide) groups is 1. The Balaban J connectivity index is 1.63. The zero-order valence-corrected chi connectivity index (χ0v) is 17.8. The van der Waals surface area contributed by atoms with Crippen LogP contribution in [0, 0.1) is 12.7 Å². The molecule has 2 N–H and O–H groups in total. The quantitative estimate of drug-likeness (QED) is 0.610. The van der Waals surface area contributed by atoms with E-state index < -0.39 is 11.1 Å². The monoisotopic (exact) mass is 447 g/mol. The zero-order chi connectivity index (χ0) is 21.3. The lowest BCUT2D eigenvalue weighted by Crippen LogP contribution is -2.41. The molecule has 0 saturated heterocycles. The van der Waals surface area contributed by atoms with Crippen LogP contribution in [-0.4, -0.2) is 32.6 Å². The Morgan fingerprint density at radius 2 is 2.07 bits per heavy atom. The Labute approximate surface area is 181 Å². The highest BCUT2D eigenvalue weighted by atomic mass is 35.5. The number of carbonyl (C=O) groups is 1. The Kier molecular flexibility index (Phi) is 5.83. The molecular formula is C20H19ClFN5O2S. The maximum Gasteiger partial charge on any atom is 0.240 e. The average molecular weight is 448 g/mol. The van der Waals surface area contributed by atoms with Gasteiger partial charge in [-0.15, -0.1) is 10.2 Å². The number of ether oxygens (including phenoxy) is 1. The second kappa shape index (κ2) is 8.53. The van der Waals surface area contributed by atoms with Gasteiger partial charge in [0.05, 0.1) is 17.7 Å². The first-order valence-corrected chi connectivity index (χ1v) is 10.6. The lowest BCUT2D eigenvalue weighted by molar-refractivity contribution is -0.116. The van der Waals surface area contributed by atoms with Crippen molar-refractivity contribution in [1.29, 1.82) is 0 Å². The van der Waals surface area contributed by atoms with Crippen molar-refractivity contribution in [3.8, 4) is 5.75 Å². The number of nitrogens with zero attached hydrogens (tertiary/aromatic N) is 3. The van der Waals surface area contributed by atoms with E-state index in [1.54, 1.807) is 4.68 Å². The van der Waals surface area contributed by atoms with Gasteiger partial charge in [0.2, 0.25) is 11.1 Å². The first kappa shape index (κ1) is 20.5. The summed E-state index contributed by atoms with van der Waals surface area (Å²) in [6, 6.07) is 11.3. The van der Waals surface area contributed by atoms with Crippen molar-refractivity contribution in [3.63, 3.8) is 0 Å². The molecule has 0 spiro atoms. The van der Waals surface area contributed by atoms with Gasteiger partial charge >= 0.3 is 0 Å². The number of aromatic nitrogens is 3. The first-order valence-electron chi connectivity index (χ1n) is 9.30. The minimum atomic E-state index is -0.553. The molecule has 0 fully saturated rings. The summed E-state index contributed by atoms with van der Waals surface area (Å²) >= 11 is 7.15. The number of nitrogens with one attached hydrogen (secondary N) is 2. The Hall–Kier alpha value is -2.78. The van der Waals surface area contributed by atoms with Crippen LogP contribution in [-0.2, 0) is 4.79 Å². The van der Waals surface area contributed by atoms with Crippen molar-refractivity contribution in [3.05, 3.63) is 64.7 Å². The molecule has 2 heterocycles. The van der Waals surface area contributed by atoms with Gasteiger partial charge in [-0.05, 0) is 49.7 Å². The molecule has 0 bridgehead atoms. The molecule has 1 aliphatic rings. The van der Waals surface area contributed by atoms with Gasteiger partial charge in [-0.2, -0.15) is 0 Å². The summed E-state index contributed by atoms with van der Waals surface area (Å²) in [7, 11) is 0. The van der Waals surface area contributed by atoms with E-state index in [0.717, 1.165) is 11.3 Å². The Morgan fingerprint density at radius 3 is 2.77 bits per heavy atom. The maximum absolute atomic E-state index is 13.4. The van der Waals surface area contributed by atoms with Crippen LogP contribution in [0.1, 0.15) is 24.4 Å². The molecular weight excluding hydrogens is 429 g/mol. The fourth-order valence-corrected chi connectivity index (χ4v) is 4.44. The highest BCUT2D eigenvalue weighted by Gasteiger charge is 2.37. The third kappa shape index (κ3) is 4.08. The second-order valence-electron chi connectivity index (χ2n) is 6.63. The van der Waals surface area contributed by atoms with Crippen molar-refractivity contribution in [2.24, 2.45) is 0 Å². The topological polar surface area (TPSA) is 81.1 Å². The van der Waals surface area contributed by atoms with Crippen LogP contribution in [0.3, 0.4) is 0 Å². The van der Waals surface area contributed by atoms with Crippen LogP contribution < -0.4 is 15.5 Å². The third-order valence-corrected chi connectivity index (χ3v) is 6.10. The predicted molar refractivity (Wildman–Crippen MR) is 114 cm³/mol. The van der Waals surface area contributed by atoms with Gasteiger partial charge in [-0.1, -0.05) is 35.5 Å². The number of carbonyl (C=O) groups excluding carboxylic acids is 1. The van der Waals surface area contributed by atoms with Gasteiger partial charge < -0.3 is 15.5 Å². The van der Waals surface area contributed by atoms with Crippen LogP contribution in [0.4, 0.5) is 10.1 Å². The van der Waals surface area contributed by atoms with E-state index in [9.17, 15) is 9.18 Å². The van der Waals surface area contributed by atoms with Crippen LogP contribution in [0.2, 0.25) is 5.02 Å². The summed E-state index contributed by atoms with van der Waals surface area (Å²) in [6.07, 6.45) is 0. The van der Waals surface area contributed by atoms with Crippen LogP contribution in [0.15, 0.2) is 47.6 Å². The van der Waals surface area contributed by atoms with E-state index in [2.05, 4.69) is 20.9 Å². The highest BCUT2D eigenvalue weighted by Crippen LogP contribution is 2.38. The number of hydrogen-bond donors (Lipinski definition) is 2. The molecule has 2 atom stereocenters. The third-order valence-electron chi connectivity index (χ3n) is 4.59. The SMILES string of the molecule is CCOc1ccc([C@@H]2Nn3c(C)nnc3S[C@@H]2C(=O)Nc2ccc(F)c(Cl)c2)cc1. The molecule has 0 radical (unpaired) electrons. The summed E-state index contributed by atoms with van der Waals surface area (Å²) in [5.41, 5.74) is 4.66. The number of amides is 1. The molecule has 1 amide bonds. The molecule has 0 saturated carbocycles. The molecule has 3 aromatic rings. The van der Waals surface area contributed by atoms with Crippen molar-refractivity contribution >= 4 is 35.0 Å². The van der Waals surface area contributed by atoms with Crippen molar-refractivity contribution in [2.45, 2.75) is 30.3 Å². The first-order chi connectivity index (χ1) is 14.5. The van der Waals surface area contributed by atoms with Gasteiger partial charge in [-0.25, -0.2) is 9.07 Å². The van der Waals surface area contributed by atoms with E-state index in [0.29, 0.717) is 23.3 Å². The van der Waals surface area contributed by atoms with E-state index in [1.807, 2.05) is 38.1 Å². The van der Waals surface area contributed by atoms with Crippen LogP contribution in [0.5, 0.6) is 5.75 Å². The molecule has 30 heavy (non-hydrogen) atoms. The minimum absolute atomic E-state index is 0.0550. The number of hydrogen-bond acceptors (Lipinski definition) is 6. The molecule has 156 valence electrons. The molecule has 0 aliphatic carbocycles. The van der Waals surface area contributed by atoms with Gasteiger partial charge in [0, 0.05) is 5.69 Å². The largest absolute Gasteiger partial charge is 0.494 e.